The number of fused-ring (bicyclic) bond motifs is 1. The monoisotopic (exact) mass is 260 g/mol. The summed E-state index contributed by atoms with van der Waals surface area (Å²) in [7, 11) is 0. The van der Waals surface area contributed by atoms with Crippen LogP contribution in [0.5, 0.6) is 0 Å². The van der Waals surface area contributed by atoms with Gasteiger partial charge >= 0.3 is 0 Å². The third-order valence-electron chi connectivity index (χ3n) is 2.65. The van der Waals surface area contributed by atoms with Gasteiger partial charge in [0.1, 0.15) is 5.82 Å². The molecule has 0 fully saturated rings. The first-order valence-corrected chi connectivity index (χ1v) is 6.05. The van der Waals surface area contributed by atoms with E-state index >= 15 is 0 Å². The molecule has 0 saturated heterocycles. The van der Waals surface area contributed by atoms with E-state index in [9.17, 15) is 9.59 Å². The Labute approximate surface area is 110 Å². The van der Waals surface area contributed by atoms with Gasteiger partial charge in [-0.3, -0.25) is 9.59 Å². The lowest BCUT2D eigenvalue weighted by molar-refractivity contribution is -0.118. The maximum atomic E-state index is 11.9. The highest BCUT2D eigenvalue weighted by Gasteiger charge is 2.07. The van der Waals surface area contributed by atoms with Crippen LogP contribution in [0, 0.1) is 6.92 Å². The minimum atomic E-state index is -0.167. The van der Waals surface area contributed by atoms with Gasteiger partial charge in [0.25, 0.3) is 5.91 Å². The lowest BCUT2D eigenvalue weighted by Crippen LogP contribution is -2.33. The van der Waals surface area contributed by atoms with Crippen molar-refractivity contribution >= 4 is 22.8 Å². The SMILES string of the molecule is CC(=O)NCCNC(=O)c1ccc2nc(C)[nH]c2c1. The topological polar surface area (TPSA) is 86.9 Å². The van der Waals surface area contributed by atoms with Gasteiger partial charge in [0.2, 0.25) is 5.91 Å². The van der Waals surface area contributed by atoms with E-state index in [1.54, 1.807) is 12.1 Å². The second kappa shape index (κ2) is 5.51. The summed E-state index contributed by atoms with van der Waals surface area (Å²) < 4.78 is 0. The average molecular weight is 260 g/mol. The number of hydrogen-bond acceptors (Lipinski definition) is 3. The standard InChI is InChI=1S/C13H16N4O2/c1-8-16-11-4-3-10(7-12(11)17-8)13(19)15-6-5-14-9(2)18/h3-4,7H,5-6H2,1-2H3,(H,14,18)(H,15,19)(H,16,17). The Kier molecular flexibility index (Phi) is 3.79. The number of H-pyrrole nitrogens is 1. The third kappa shape index (κ3) is 3.31. The van der Waals surface area contributed by atoms with Gasteiger partial charge in [0.15, 0.2) is 0 Å². The Hall–Kier alpha value is -2.37. The molecule has 2 amide bonds. The van der Waals surface area contributed by atoms with Crippen LogP contribution in [0.15, 0.2) is 18.2 Å². The van der Waals surface area contributed by atoms with Gasteiger partial charge < -0.3 is 15.6 Å². The van der Waals surface area contributed by atoms with Crippen molar-refractivity contribution < 1.29 is 9.59 Å². The Balaban J connectivity index is 1.98. The minimum Gasteiger partial charge on any atom is -0.355 e. The van der Waals surface area contributed by atoms with Crippen LogP contribution in [-0.2, 0) is 4.79 Å². The summed E-state index contributed by atoms with van der Waals surface area (Å²) in [5.41, 5.74) is 2.25. The maximum Gasteiger partial charge on any atom is 0.251 e. The summed E-state index contributed by atoms with van der Waals surface area (Å²) >= 11 is 0. The van der Waals surface area contributed by atoms with Crippen LogP contribution >= 0.6 is 0 Å². The highest BCUT2D eigenvalue weighted by Crippen LogP contribution is 2.13. The molecule has 1 heterocycles. The molecule has 100 valence electrons. The summed E-state index contributed by atoms with van der Waals surface area (Å²) in [6.07, 6.45) is 0. The van der Waals surface area contributed by atoms with Crippen molar-refractivity contribution in [2.24, 2.45) is 0 Å². The molecule has 1 aromatic heterocycles. The van der Waals surface area contributed by atoms with Crippen LogP contribution in [-0.4, -0.2) is 34.9 Å². The normalized spacial score (nSPS) is 10.4. The quantitative estimate of drug-likeness (QED) is 0.708. The molecule has 1 aromatic carbocycles. The van der Waals surface area contributed by atoms with Crippen LogP contribution in [0.3, 0.4) is 0 Å². The second-order valence-corrected chi connectivity index (χ2v) is 4.29. The lowest BCUT2D eigenvalue weighted by atomic mass is 10.2. The lowest BCUT2D eigenvalue weighted by Gasteiger charge is -2.05. The number of benzene rings is 1. The Morgan fingerprint density at radius 1 is 1.26 bits per heavy atom. The summed E-state index contributed by atoms with van der Waals surface area (Å²) in [5, 5.41) is 5.35. The molecule has 0 aliphatic carbocycles. The molecule has 19 heavy (non-hydrogen) atoms. The number of hydrogen-bond donors (Lipinski definition) is 3. The van der Waals surface area contributed by atoms with E-state index in [1.165, 1.54) is 6.92 Å². The van der Waals surface area contributed by atoms with E-state index in [1.807, 2.05) is 13.0 Å². The fourth-order valence-corrected chi connectivity index (χ4v) is 1.80. The fourth-order valence-electron chi connectivity index (χ4n) is 1.80. The number of rotatable bonds is 4. The Morgan fingerprint density at radius 3 is 2.74 bits per heavy atom. The van der Waals surface area contributed by atoms with E-state index in [0.717, 1.165) is 16.9 Å². The number of amides is 2. The summed E-state index contributed by atoms with van der Waals surface area (Å²) in [5.74, 6) is 0.543. The van der Waals surface area contributed by atoms with Crippen molar-refractivity contribution in [1.82, 2.24) is 20.6 Å². The predicted molar refractivity (Wildman–Crippen MR) is 71.8 cm³/mol. The maximum absolute atomic E-state index is 11.9. The Bertz CT molecular complexity index is 618. The van der Waals surface area contributed by atoms with Crippen LogP contribution < -0.4 is 10.6 Å². The van der Waals surface area contributed by atoms with E-state index in [-0.39, 0.29) is 11.8 Å². The first-order valence-electron chi connectivity index (χ1n) is 6.05. The molecule has 2 rings (SSSR count). The molecule has 2 aromatic rings. The van der Waals surface area contributed by atoms with Gasteiger partial charge in [-0.1, -0.05) is 0 Å². The van der Waals surface area contributed by atoms with E-state index < -0.39 is 0 Å². The number of nitrogens with one attached hydrogen (secondary N) is 3. The van der Waals surface area contributed by atoms with Crippen molar-refractivity contribution in [1.29, 1.82) is 0 Å². The van der Waals surface area contributed by atoms with Gasteiger partial charge in [-0.15, -0.1) is 0 Å². The van der Waals surface area contributed by atoms with Crippen LogP contribution in [0.2, 0.25) is 0 Å². The van der Waals surface area contributed by atoms with Crippen molar-refractivity contribution in [3.63, 3.8) is 0 Å². The largest absolute Gasteiger partial charge is 0.355 e. The van der Waals surface area contributed by atoms with E-state index in [4.69, 9.17) is 0 Å². The highest BCUT2D eigenvalue weighted by atomic mass is 16.2. The number of imidazole rings is 1. The van der Waals surface area contributed by atoms with Gasteiger partial charge in [-0.2, -0.15) is 0 Å². The fraction of sp³-hybridized carbons (Fsp3) is 0.308. The summed E-state index contributed by atoms with van der Waals surface area (Å²) in [4.78, 5) is 29.9. The average Bonchev–Trinajstić information content (AvgIpc) is 2.73. The third-order valence-corrected chi connectivity index (χ3v) is 2.65. The molecule has 0 radical (unpaired) electrons. The molecular formula is C13H16N4O2. The Morgan fingerprint density at radius 2 is 2.00 bits per heavy atom. The molecular weight excluding hydrogens is 244 g/mol. The number of carbonyl (C=O) groups excluding carboxylic acids is 2. The minimum absolute atomic E-state index is 0.108. The molecule has 0 aliphatic heterocycles. The number of nitrogens with zero attached hydrogens (tertiary/aromatic N) is 1. The molecule has 6 heteroatoms. The van der Waals surface area contributed by atoms with Gasteiger partial charge in [0, 0.05) is 25.6 Å². The molecule has 3 N–H and O–H groups in total. The van der Waals surface area contributed by atoms with Crippen molar-refractivity contribution in [3.8, 4) is 0 Å². The van der Waals surface area contributed by atoms with Crippen molar-refractivity contribution in [3.05, 3.63) is 29.6 Å². The first-order chi connectivity index (χ1) is 9.06. The zero-order valence-corrected chi connectivity index (χ0v) is 10.9. The number of carbonyl (C=O) groups is 2. The molecule has 0 unspecified atom stereocenters. The van der Waals surface area contributed by atoms with Crippen LogP contribution in [0.25, 0.3) is 11.0 Å². The molecule has 0 saturated carbocycles. The molecule has 0 bridgehead atoms. The van der Waals surface area contributed by atoms with Crippen LogP contribution in [0.1, 0.15) is 23.1 Å². The van der Waals surface area contributed by atoms with Crippen molar-refractivity contribution in [2.75, 3.05) is 13.1 Å². The number of aryl methyl sites for hydroxylation is 1. The zero-order valence-electron chi connectivity index (χ0n) is 10.9. The highest BCUT2D eigenvalue weighted by molar-refractivity contribution is 5.97. The first kappa shape index (κ1) is 13.1. The number of aromatic nitrogens is 2. The van der Waals surface area contributed by atoms with Gasteiger partial charge in [-0.25, -0.2) is 4.98 Å². The zero-order chi connectivity index (χ0) is 13.8. The molecule has 0 atom stereocenters. The van der Waals surface area contributed by atoms with Gasteiger partial charge in [0.05, 0.1) is 11.0 Å². The summed E-state index contributed by atoms with van der Waals surface area (Å²) in [6, 6.07) is 5.31. The van der Waals surface area contributed by atoms with Gasteiger partial charge in [-0.05, 0) is 25.1 Å². The smallest absolute Gasteiger partial charge is 0.251 e. The van der Waals surface area contributed by atoms with E-state index in [0.29, 0.717) is 18.7 Å². The molecule has 0 spiro atoms. The predicted octanol–water partition coefficient (Wildman–Crippen LogP) is 0.737. The molecule has 6 nitrogen and oxygen atoms in total. The second-order valence-electron chi connectivity index (χ2n) is 4.29. The van der Waals surface area contributed by atoms with E-state index in [2.05, 4.69) is 20.6 Å². The molecule has 0 aliphatic rings. The summed E-state index contributed by atoms with van der Waals surface area (Å²) in [6.45, 7) is 4.13. The van der Waals surface area contributed by atoms with Crippen LogP contribution in [0.4, 0.5) is 0 Å². The number of aromatic amines is 1. The van der Waals surface area contributed by atoms with Crippen molar-refractivity contribution in [2.45, 2.75) is 13.8 Å².